The van der Waals surface area contributed by atoms with Crippen molar-refractivity contribution in [1.29, 1.82) is 0 Å². The molecule has 0 saturated carbocycles. The molecule has 0 amide bonds. The molecule has 0 aliphatic rings. The summed E-state index contributed by atoms with van der Waals surface area (Å²) in [5.41, 5.74) is 1.99. The lowest BCUT2D eigenvalue weighted by Crippen LogP contribution is -2.19. The van der Waals surface area contributed by atoms with Gasteiger partial charge in [0.25, 0.3) is 10.1 Å². The van der Waals surface area contributed by atoms with Gasteiger partial charge < -0.3 is 4.74 Å². The highest BCUT2D eigenvalue weighted by molar-refractivity contribution is 7.86. The van der Waals surface area contributed by atoms with Gasteiger partial charge in [0, 0.05) is 12.0 Å². The van der Waals surface area contributed by atoms with Crippen molar-refractivity contribution in [3.8, 4) is 16.9 Å². The fourth-order valence-electron chi connectivity index (χ4n) is 1.93. The van der Waals surface area contributed by atoms with Gasteiger partial charge in [-0.2, -0.15) is 8.42 Å². The molecule has 0 fully saturated rings. The Hall–Kier alpha value is -1.85. The maximum absolute atomic E-state index is 11.0. The summed E-state index contributed by atoms with van der Waals surface area (Å²) >= 11 is 0. The summed E-state index contributed by atoms with van der Waals surface area (Å²) < 4.78 is 36.5. The van der Waals surface area contributed by atoms with Gasteiger partial charge in [0.2, 0.25) is 0 Å². The van der Waals surface area contributed by atoms with Gasteiger partial charge in [-0.3, -0.25) is 4.55 Å². The zero-order valence-corrected chi connectivity index (χ0v) is 12.6. The molecule has 0 heterocycles. The fourth-order valence-corrected chi connectivity index (χ4v) is 2.33. The van der Waals surface area contributed by atoms with Crippen LogP contribution < -0.4 is 4.74 Å². The van der Waals surface area contributed by atoms with Crippen molar-refractivity contribution >= 4 is 10.1 Å². The lowest BCUT2D eigenvalue weighted by atomic mass is 10.1. The third kappa shape index (κ3) is 4.31. The molecule has 4 nitrogen and oxygen atoms in total. The molecular weight excluding hydrogens is 288 g/mol. The number of hydrogen-bond acceptors (Lipinski definition) is 3. The van der Waals surface area contributed by atoms with Crippen molar-refractivity contribution in [3.05, 3.63) is 54.6 Å². The minimum Gasteiger partial charge on any atom is -0.493 e. The molecule has 21 heavy (non-hydrogen) atoms. The molecule has 2 rings (SSSR count). The van der Waals surface area contributed by atoms with Gasteiger partial charge in [0.15, 0.2) is 0 Å². The Balaban J connectivity index is 2.08. The summed E-state index contributed by atoms with van der Waals surface area (Å²) in [5.74, 6) is 0.700. The van der Waals surface area contributed by atoms with E-state index in [1.54, 1.807) is 0 Å². The van der Waals surface area contributed by atoms with Gasteiger partial charge in [-0.1, -0.05) is 48.5 Å². The van der Waals surface area contributed by atoms with Gasteiger partial charge >= 0.3 is 0 Å². The quantitative estimate of drug-likeness (QED) is 0.831. The molecule has 112 valence electrons. The second kappa shape index (κ2) is 6.74. The topological polar surface area (TPSA) is 63.6 Å². The smallest absolute Gasteiger partial charge is 0.267 e. The van der Waals surface area contributed by atoms with E-state index in [1.165, 1.54) is 6.92 Å². The van der Waals surface area contributed by atoms with Crippen molar-refractivity contribution in [2.75, 3.05) is 6.61 Å². The van der Waals surface area contributed by atoms with E-state index in [1.807, 2.05) is 54.6 Å². The van der Waals surface area contributed by atoms with Crippen LogP contribution in [0.4, 0.5) is 0 Å². The number of hydrogen-bond donors (Lipinski definition) is 1. The Morgan fingerprint density at radius 2 is 1.67 bits per heavy atom. The van der Waals surface area contributed by atoms with Crippen molar-refractivity contribution in [2.24, 2.45) is 0 Å². The standard InChI is InChI=1S/C16H18O4S/c1-13(21(17,18)19)11-12-20-16-10-6-5-9-15(16)14-7-3-2-4-8-14/h2-10,13H,11-12H2,1H3,(H,17,18,19). The van der Waals surface area contributed by atoms with E-state index in [-0.39, 0.29) is 13.0 Å². The Morgan fingerprint density at radius 1 is 1.05 bits per heavy atom. The second-order valence-electron chi connectivity index (χ2n) is 4.82. The number of para-hydroxylation sites is 1. The average Bonchev–Trinajstić information content (AvgIpc) is 2.47. The zero-order valence-electron chi connectivity index (χ0n) is 11.8. The third-order valence-corrected chi connectivity index (χ3v) is 4.51. The molecule has 1 atom stereocenters. The van der Waals surface area contributed by atoms with E-state index in [9.17, 15) is 8.42 Å². The molecule has 1 unspecified atom stereocenters. The zero-order chi connectivity index (χ0) is 15.3. The highest BCUT2D eigenvalue weighted by Crippen LogP contribution is 2.29. The van der Waals surface area contributed by atoms with E-state index in [2.05, 4.69) is 0 Å². The van der Waals surface area contributed by atoms with Crippen LogP contribution >= 0.6 is 0 Å². The highest BCUT2D eigenvalue weighted by Gasteiger charge is 2.17. The van der Waals surface area contributed by atoms with Crippen LogP contribution in [0.3, 0.4) is 0 Å². The first kappa shape index (κ1) is 15.5. The second-order valence-corrected chi connectivity index (χ2v) is 6.66. The third-order valence-electron chi connectivity index (χ3n) is 3.26. The van der Waals surface area contributed by atoms with Crippen LogP contribution in [0.15, 0.2) is 54.6 Å². The lowest BCUT2D eigenvalue weighted by Gasteiger charge is -2.13. The highest BCUT2D eigenvalue weighted by atomic mass is 32.2. The molecule has 0 aliphatic heterocycles. The van der Waals surface area contributed by atoms with Crippen LogP contribution in [-0.4, -0.2) is 24.8 Å². The molecular formula is C16H18O4S. The summed E-state index contributed by atoms with van der Waals surface area (Å²) in [4.78, 5) is 0. The van der Waals surface area contributed by atoms with Crippen LogP contribution in [0.2, 0.25) is 0 Å². The van der Waals surface area contributed by atoms with Crippen molar-refractivity contribution in [1.82, 2.24) is 0 Å². The minimum atomic E-state index is -4.00. The largest absolute Gasteiger partial charge is 0.493 e. The summed E-state index contributed by atoms with van der Waals surface area (Å²) in [7, 11) is -4.00. The van der Waals surface area contributed by atoms with E-state index >= 15 is 0 Å². The molecule has 0 aromatic heterocycles. The summed E-state index contributed by atoms with van der Waals surface area (Å²) in [5, 5.41) is -0.832. The number of ether oxygens (including phenoxy) is 1. The van der Waals surface area contributed by atoms with Crippen molar-refractivity contribution in [2.45, 2.75) is 18.6 Å². The molecule has 5 heteroatoms. The van der Waals surface area contributed by atoms with Crippen molar-refractivity contribution < 1.29 is 17.7 Å². The molecule has 2 aromatic rings. The maximum Gasteiger partial charge on any atom is 0.267 e. The Bertz CT molecular complexity index is 680. The fraction of sp³-hybridized carbons (Fsp3) is 0.250. The Kier molecular flexibility index (Phi) is 4.98. The summed E-state index contributed by atoms with van der Waals surface area (Å²) in [6.07, 6.45) is 0.238. The average molecular weight is 306 g/mol. The molecule has 0 radical (unpaired) electrons. The first-order chi connectivity index (χ1) is 9.98. The first-order valence-corrected chi connectivity index (χ1v) is 8.22. The van der Waals surface area contributed by atoms with Gasteiger partial charge in [-0.15, -0.1) is 0 Å². The lowest BCUT2D eigenvalue weighted by molar-refractivity contribution is 0.308. The minimum absolute atomic E-state index is 0.227. The van der Waals surface area contributed by atoms with E-state index in [0.717, 1.165) is 11.1 Å². The van der Waals surface area contributed by atoms with Crippen LogP contribution in [0, 0.1) is 0 Å². The maximum atomic E-state index is 11.0. The normalized spacial score (nSPS) is 12.9. The Morgan fingerprint density at radius 3 is 2.33 bits per heavy atom. The molecule has 1 N–H and O–H groups in total. The van der Waals surface area contributed by atoms with E-state index in [0.29, 0.717) is 5.75 Å². The monoisotopic (exact) mass is 306 g/mol. The molecule has 0 bridgehead atoms. The van der Waals surface area contributed by atoms with Crippen LogP contribution in [-0.2, 0) is 10.1 Å². The van der Waals surface area contributed by atoms with Gasteiger partial charge in [-0.05, 0) is 18.6 Å². The molecule has 2 aromatic carbocycles. The first-order valence-electron chi connectivity index (χ1n) is 6.72. The number of rotatable bonds is 6. The predicted molar refractivity (Wildman–Crippen MR) is 83.0 cm³/mol. The summed E-state index contributed by atoms with van der Waals surface area (Å²) in [6.45, 7) is 1.69. The van der Waals surface area contributed by atoms with Crippen LogP contribution in [0.1, 0.15) is 13.3 Å². The van der Waals surface area contributed by atoms with Gasteiger partial charge in [-0.25, -0.2) is 0 Å². The Labute approximate surface area is 125 Å². The van der Waals surface area contributed by atoms with Gasteiger partial charge in [0.05, 0.1) is 11.9 Å². The summed E-state index contributed by atoms with van der Waals surface area (Å²) in [6, 6.07) is 17.4. The van der Waals surface area contributed by atoms with E-state index < -0.39 is 15.4 Å². The molecule has 0 aliphatic carbocycles. The van der Waals surface area contributed by atoms with Crippen LogP contribution in [0.25, 0.3) is 11.1 Å². The van der Waals surface area contributed by atoms with Crippen LogP contribution in [0.5, 0.6) is 5.75 Å². The van der Waals surface area contributed by atoms with E-state index in [4.69, 9.17) is 9.29 Å². The molecule has 0 spiro atoms. The SMILES string of the molecule is CC(CCOc1ccccc1-c1ccccc1)S(=O)(=O)O. The van der Waals surface area contributed by atoms with Gasteiger partial charge in [0.1, 0.15) is 5.75 Å². The number of benzene rings is 2. The van der Waals surface area contributed by atoms with Crippen molar-refractivity contribution in [3.63, 3.8) is 0 Å². The molecule has 0 saturated heterocycles. The predicted octanol–water partition coefficient (Wildman–Crippen LogP) is 3.40.